The lowest BCUT2D eigenvalue weighted by atomic mass is 10.2. The Hall–Kier alpha value is -1.62. The quantitative estimate of drug-likeness (QED) is 0.627. The van der Waals surface area contributed by atoms with Crippen LogP contribution in [0.1, 0.15) is 30.4 Å². The van der Waals surface area contributed by atoms with Crippen LogP contribution in [0.15, 0.2) is 42.5 Å². The van der Waals surface area contributed by atoms with Crippen molar-refractivity contribution in [1.82, 2.24) is 5.32 Å². The molecule has 0 unspecified atom stereocenters. The molecule has 130 valence electrons. The molecule has 0 amide bonds. The van der Waals surface area contributed by atoms with Gasteiger partial charge in [-0.05, 0) is 55.6 Å². The molecule has 0 saturated carbocycles. The largest absolute Gasteiger partial charge is 0.489 e. The van der Waals surface area contributed by atoms with E-state index in [0.717, 1.165) is 43.7 Å². The van der Waals surface area contributed by atoms with Crippen LogP contribution < -0.4 is 10.1 Å². The van der Waals surface area contributed by atoms with Crippen molar-refractivity contribution in [3.05, 3.63) is 64.4 Å². The molecule has 0 radical (unpaired) electrons. The van der Waals surface area contributed by atoms with E-state index in [0.29, 0.717) is 11.6 Å². The van der Waals surface area contributed by atoms with Crippen molar-refractivity contribution < 1.29 is 14.2 Å². The van der Waals surface area contributed by atoms with Crippen LogP contribution in [-0.4, -0.2) is 18.3 Å². The van der Waals surface area contributed by atoms with E-state index in [2.05, 4.69) is 5.32 Å². The third-order valence-corrected chi connectivity index (χ3v) is 4.03. The fraction of sp³-hybridized carbons (Fsp3) is 0.368. The first-order valence-electron chi connectivity index (χ1n) is 8.16. The molecule has 0 bridgehead atoms. The number of benzene rings is 2. The van der Waals surface area contributed by atoms with E-state index in [4.69, 9.17) is 21.4 Å². The van der Waals surface area contributed by atoms with Crippen molar-refractivity contribution in [1.29, 1.82) is 0 Å². The van der Waals surface area contributed by atoms with Crippen LogP contribution in [-0.2, 0) is 13.2 Å². The molecule has 2 aromatic carbocycles. The van der Waals surface area contributed by atoms with Crippen LogP contribution in [0.4, 0.5) is 4.39 Å². The SMILES string of the molecule is OCCCCCNCc1ccc(OCc2ccc(F)cc2Cl)cc1. The van der Waals surface area contributed by atoms with Gasteiger partial charge in [-0.25, -0.2) is 4.39 Å². The summed E-state index contributed by atoms with van der Waals surface area (Å²) in [7, 11) is 0. The number of ether oxygens (including phenoxy) is 1. The highest BCUT2D eigenvalue weighted by molar-refractivity contribution is 6.31. The molecule has 0 aliphatic carbocycles. The Morgan fingerprint density at radius 1 is 1.04 bits per heavy atom. The summed E-state index contributed by atoms with van der Waals surface area (Å²) in [5, 5.41) is 12.5. The van der Waals surface area contributed by atoms with Crippen LogP contribution in [0.3, 0.4) is 0 Å². The van der Waals surface area contributed by atoms with Gasteiger partial charge >= 0.3 is 0 Å². The van der Waals surface area contributed by atoms with Crippen molar-refractivity contribution in [2.75, 3.05) is 13.2 Å². The topological polar surface area (TPSA) is 41.5 Å². The van der Waals surface area contributed by atoms with Crippen LogP contribution >= 0.6 is 11.6 Å². The van der Waals surface area contributed by atoms with Gasteiger partial charge in [0, 0.05) is 18.7 Å². The summed E-state index contributed by atoms with van der Waals surface area (Å²) in [6, 6.07) is 12.2. The van der Waals surface area contributed by atoms with Crippen LogP contribution in [0.25, 0.3) is 0 Å². The molecule has 0 aliphatic rings. The summed E-state index contributed by atoms with van der Waals surface area (Å²) >= 11 is 5.98. The van der Waals surface area contributed by atoms with Gasteiger partial charge in [0.05, 0.1) is 5.02 Å². The maximum absolute atomic E-state index is 13.0. The van der Waals surface area contributed by atoms with E-state index in [1.807, 2.05) is 24.3 Å². The van der Waals surface area contributed by atoms with E-state index in [1.165, 1.54) is 17.7 Å². The highest BCUT2D eigenvalue weighted by atomic mass is 35.5. The van der Waals surface area contributed by atoms with Gasteiger partial charge in [-0.15, -0.1) is 0 Å². The molecule has 0 saturated heterocycles. The molecule has 2 N–H and O–H groups in total. The summed E-state index contributed by atoms with van der Waals surface area (Å²) in [5.41, 5.74) is 1.94. The lowest BCUT2D eigenvalue weighted by molar-refractivity contribution is 0.283. The van der Waals surface area contributed by atoms with Crippen molar-refractivity contribution in [2.45, 2.75) is 32.4 Å². The van der Waals surface area contributed by atoms with Gasteiger partial charge in [-0.3, -0.25) is 0 Å². The zero-order valence-corrected chi connectivity index (χ0v) is 14.4. The molecule has 2 aromatic rings. The van der Waals surface area contributed by atoms with E-state index in [9.17, 15) is 4.39 Å². The summed E-state index contributed by atoms with van der Waals surface area (Å²) in [4.78, 5) is 0. The first-order valence-corrected chi connectivity index (χ1v) is 8.54. The molecule has 5 heteroatoms. The zero-order valence-electron chi connectivity index (χ0n) is 13.6. The standard InChI is InChI=1S/C19H23ClFNO2/c20-19-12-17(21)7-6-16(19)14-24-18-8-4-15(5-9-18)13-22-10-2-1-3-11-23/h4-9,12,22-23H,1-3,10-11,13-14H2. The van der Waals surface area contributed by atoms with Gasteiger partial charge in [0.1, 0.15) is 18.2 Å². The monoisotopic (exact) mass is 351 g/mol. The molecule has 0 heterocycles. The first-order chi connectivity index (χ1) is 11.7. The molecule has 2 rings (SSSR count). The smallest absolute Gasteiger partial charge is 0.124 e. The lowest BCUT2D eigenvalue weighted by Crippen LogP contribution is -2.14. The minimum Gasteiger partial charge on any atom is -0.489 e. The first kappa shape index (κ1) is 18.7. The average molecular weight is 352 g/mol. The fourth-order valence-corrected chi connectivity index (χ4v) is 2.50. The second kappa shape index (κ2) is 10.3. The molecule has 3 nitrogen and oxygen atoms in total. The number of unbranched alkanes of at least 4 members (excludes halogenated alkanes) is 2. The molecule has 0 spiro atoms. The number of hydrogen-bond acceptors (Lipinski definition) is 3. The Balaban J connectivity index is 1.73. The summed E-state index contributed by atoms with van der Waals surface area (Å²) in [5.74, 6) is 0.402. The second-order valence-electron chi connectivity index (χ2n) is 5.63. The summed E-state index contributed by atoms with van der Waals surface area (Å²) < 4.78 is 18.7. The predicted molar refractivity (Wildman–Crippen MR) is 94.8 cm³/mol. The molecule has 0 aromatic heterocycles. The molecule has 0 atom stereocenters. The predicted octanol–water partition coefficient (Wildman–Crippen LogP) is 4.31. The fourth-order valence-electron chi connectivity index (χ4n) is 2.27. The van der Waals surface area contributed by atoms with Gasteiger partial charge in [-0.2, -0.15) is 0 Å². The molecule has 0 fully saturated rings. The summed E-state index contributed by atoms with van der Waals surface area (Å²) in [6.07, 6.45) is 2.98. The normalized spacial score (nSPS) is 10.8. The highest BCUT2D eigenvalue weighted by Gasteiger charge is 2.03. The zero-order chi connectivity index (χ0) is 17.2. The van der Waals surface area contributed by atoms with Gasteiger partial charge < -0.3 is 15.2 Å². The molecule has 0 aliphatic heterocycles. The van der Waals surface area contributed by atoms with Gasteiger partial charge in [0.2, 0.25) is 0 Å². The van der Waals surface area contributed by atoms with Gasteiger partial charge in [0.25, 0.3) is 0 Å². The van der Waals surface area contributed by atoms with Crippen LogP contribution in [0, 0.1) is 5.82 Å². The third-order valence-electron chi connectivity index (χ3n) is 3.67. The summed E-state index contributed by atoms with van der Waals surface area (Å²) in [6.45, 7) is 2.33. The molecular weight excluding hydrogens is 329 g/mol. The number of aliphatic hydroxyl groups is 1. The molecule has 24 heavy (non-hydrogen) atoms. The highest BCUT2D eigenvalue weighted by Crippen LogP contribution is 2.20. The average Bonchev–Trinajstić information content (AvgIpc) is 2.58. The number of aliphatic hydroxyl groups excluding tert-OH is 1. The Bertz CT molecular complexity index is 619. The van der Waals surface area contributed by atoms with Crippen molar-refractivity contribution in [3.8, 4) is 5.75 Å². The maximum atomic E-state index is 13.0. The second-order valence-corrected chi connectivity index (χ2v) is 6.04. The number of nitrogens with one attached hydrogen (secondary N) is 1. The Labute approximate surface area is 147 Å². The Morgan fingerprint density at radius 2 is 1.83 bits per heavy atom. The van der Waals surface area contributed by atoms with Crippen molar-refractivity contribution >= 4 is 11.6 Å². The maximum Gasteiger partial charge on any atom is 0.124 e. The van der Waals surface area contributed by atoms with E-state index >= 15 is 0 Å². The minimum atomic E-state index is -0.350. The van der Waals surface area contributed by atoms with Crippen LogP contribution in [0.5, 0.6) is 5.75 Å². The van der Waals surface area contributed by atoms with Gasteiger partial charge in [-0.1, -0.05) is 29.8 Å². The van der Waals surface area contributed by atoms with E-state index in [1.54, 1.807) is 6.07 Å². The van der Waals surface area contributed by atoms with Crippen molar-refractivity contribution in [3.63, 3.8) is 0 Å². The Kier molecular flexibility index (Phi) is 8.02. The minimum absolute atomic E-state index is 0.268. The van der Waals surface area contributed by atoms with Gasteiger partial charge in [0.15, 0.2) is 0 Å². The third kappa shape index (κ3) is 6.48. The number of rotatable bonds is 10. The Morgan fingerprint density at radius 3 is 2.54 bits per heavy atom. The van der Waals surface area contributed by atoms with Crippen LogP contribution in [0.2, 0.25) is 5.02 Å². The van der Waals surface area contributed by atoms with Crippen molar-refractivity contribution in [2.24, 2.45) is 0 Å². The van der Waals surface area contributed by atoms with E-state index < -0.39 is 0 Å². The number of halogens is 2. The molecular formula is C19H23ClFNO2. The number of hydrogen-bond donors (Lipinski definition) is 2. The van der Waals surface area contributed by atoms with E-state index in [-0.39, 0.29) is 12.4 Å². The lowest BCUT2D eigenvalue weighted by Gasteiger charge is -2.09.